The summed E-state index contributed by atoms with van der Waals surface area (Å²) in [5.74, 6) is 0. The normalized spacial score (nSPS) is 14.7. The van der Waals surface area contributed by atoms with Crippen LogP contribution >= 0.6 is 0 Å². The van der Waals surface area contributed by atoms with E-state index in [2.05, 4.69) is 0 Å². The van der Waals surface area contributed by atoms with Crippen molar-refractivity contribution in [3.8, 4) is 0 Å². The number of hydrogen-bond acceptors (Lipinski definition) is 2. The Morgan fingerprint density at radius 1 is 1.00 bits per heavy atom. The van der Waals surface area contributed by atoms with Gasteiger partial charge in [-0.1, -0.05) is 0 Å². The molecule has 2 atom stereocenters. The molecule has 0 radical (unpaired) electrons. The van der Waals surface area contributed by atoms with Crippen molar-refractivity contribution in [2.45, 2.75) is 36.5 Å². The molecule has 136 valence electrons. The molecule has 0 heterocycles. The molecule has 0 spiro atoms. The van der Waals surface area contributed by atoms with E-state index in [4.69, 9.17) is 4.49 Å². The summed E-state index contributed by atoms with van der Waals surface area (Å²) in [7, 11) is 0. The fraction of sp³-hybridized carbons (Fsp3) is 0.333. The van der Waals surface area contributed by atoms with Gasteiger partial charge in [-0.05, 0) is 0 Å². The van der Waals surface area contributed by atoms with Crippen LogP contribution < -0.4 is 3.58 Å². The summed E-state index contributed by atoms with van der Waals surface area (Å²) in [5.41, 5.74) is 1.04. The topological polar surface area (TPSA) is 18.5 Å². The number of rotatable bonds is 9. The van der Waals surface area contributed by atoms with E-state index in [9.17, 15) is 13.2 Å². The van der Waals surface area contributed by atoms with Crippen molar-refractivity contribution < 1.29 is 17.7 Å². The maximum absolute atomic E-state index is 12.4. The van der Waals surface area contributed by atoms with Gasteiger partial charge in [0.25, 0.3) is 0 Å². The van der Waals surface area contributed by atoms with Crippen LogP contribution in [0.15, 0.2) is 60.7 Å². The summed E-state index contributed by atoms with van der Waals surface area (Å²) in [5, 5.41) is 0. The quantitative estimate of drug-likeness (QED) is 0.432. The van der Waals surface area contributed by atoms with E-state index in [1.165, 1.54) is 3.58 Å². The van der Waals surface area contributed by atoms with Crippen molar-refractivity contribution in [3.05, 3.63) is 66.2 Å². The van der Waals surface area contributed by atoms with Gasteiger partial charge in [0.15, 0.2) is 0 Å². The second-order valence-electron chi connectivity index (χ2n) is 5.92. The van der Waals surface area contributed by atoms with Crippen LogP contribution in [0.5, 0.6) is 0 Å². The molecule has 2 rings (SSSR count). The monoisotopic (exact) mass is 568 g/mol. The summed E-state index contributed by atoms with van der Waals surface area (Å²) >= 11 is -4.57. The second-order valence-corrected chi connectivity index (χ2v) is 21.3. The van der Waals surface area contributed by atoms with Gasteiger partial charge in [0.1, 0.15) is 0 Å². The minimum absolute atomic E-state index is 0.104. The molecule has 0 aliphatic rings. The van der Waals surface area contributed by atoms with E-state index in [0.717, 1.165) is 5.56 Å². The first-order valence-corrected chi connectivity index (χ1v) is 17.1. The molecule has 0 aliphatic heterocycles. The van der Waals surface area contributed by atoms with Gasteiger partial charge < -0.3 is 0 Å². The van der Waals surface area contributed by atoms with E-state index in [1.54, 1.807) is 0 Å². The molecule has 2 nitrogen and oxygen atoms in total. The predicted molar refractivity (Wildman–Crippen MR) is 98.9 cm³/mol. The van der Waals surface area contributed by atoms with Gasteiger partial charge in [0.2, 0.25) is 0 Å². The van der Waals surface area contributed by atoms with Crippen molar-refractivity contribution >= 4 is 45.7 Å². The Balaban J connectivity index is 1.93. The van der Waals surface area contributed by atoms with Crippen LogP contribution in [-0.4, -0.2) is 48.3 Å². The van der Waals surface area contributed by atoms with Crippen LogP contribution in [0.1, 0.15) is 31.4 Å². The summed E-state index contributed by atoms with van der Waals surface area (Å²) in [6, 6.07) is 19.7. The van der Waals surface area contributed by atoms with E-state index >= 15 is 0 Å². The Labute approximate surface area is 165 Å². The fourth-order valence-corrected chi connectivity index (χ4v) is 21.2. The van der Waals surface area contributed by atoms with Gasteiger partial charge in [-0.15, -0.1) is 0 Å². The molecule has 0 aliphatic carbocycles. The molecule has 0 bridgehead atoms. The number of hydrogen-bond donors (Lipinski definition) is 0. The van der Waals surface area contributed by atoms with Gasteiger partial charge in [0, 0.05) is 0 Å². The fourth-order valence-electron chi connectivity index (χ4n) is 2.45. The molecule has 2 aromatic rings. The Bertz CT molecular complexity index is 609. The molecule has 0 aromatic heterocycles. The van der Waals surface area contributed by atoms with Gasteiger partial charge in [-0.2, -0.15) is 0 Å². The van der Waals surface area contributed by atoms with Gasteiger partial charge in [-0.3, -0.25) is 0 Å². The minimum atomic E-state index is -4.11. The van der Waals surface area contributed by atoms with Crippen LogP contribution in [0.3, 0.4) is 0 Å². The van der Waals surface area contributed by atoms with Crippen molar-refractivity contribution in [1.29, 1.82) is 0 Å². The molecule has 7 heteroatoms. The third-order valence-electron chi connectivity index (χ3n) is 3.80. The summed E-state index contributed by atoms with van der Waals surface area (Å²) in [4.78, 5) is 0. The summed E-state index contributed by atoms with van der Waals surface area (Å²) in [6.07, 6.45) is -4.89. The SMILES string of the molecule is CC([O][SnH]([CH2]CCC(F)(F)F)[O][SnH2][c]1ccccc1)c1ccccc1. The van der Waals surface area contributed by atoms with Crippen LogP contribution in [0.2, 0.25) is 4.44 Å². The molecular formula is C18H23F3O2Sn2. The third-order valence-corrected chi connectivity index (χ3v) is 22.5. The zero-order valence-corrected chi connectivity index (χ0v) is 21.5. The number of benzene rings is 2. The first-order valence-electron chi connectivity index (χ1n) is 8.37. The van der Waals surface area contributed by atoms with Crippen molar-refractivity contribution in [2.24, 2.45) is 0 Å². The van der Waals surface area contributed by atoms with Gasteiger partial charge in [-0.25, -0.2) is 0 Å². The van der Waals surface area contributed by atoms with E-state index < -0.39 is 54.7 Å². The molecule has 0 saturated carbocycles. The molecule has 0 amide bonds. The van der Waals surface area contributed by atoms with Crippen molar-refractivity contribution in [2.75, 3.05) is 0 Å². The predicted octanol–water partition coefficient (Wildman–Crippen LogP) is 3.75. The Morgan fingerprint density at radius 3 is 2.20 bits per heavy atom. The summed E-state index contributed by atoms with van der Waals surface area (Å²) in [6.45, 7) is 1.95. The maximum atomic E-state index is 12.4. The number of halogens is 3. The average Bonchev–Trinajstić information content (AvgIpc) is 2.60. The first kappa shape index (κ1) is 21.1. The molecular weight excluding hydrogens is 543 g/mol. The standard InChI is InChI=1S/C8H9O.C6H5.C4H6F3.O.2Sn.3H/c1-7(9)8-5-3-2-4-6-8;1-2-4-6-5-3-1;1-2-3-4(5,6)7;;;;;;/h2-7H,1H3;1-5H;1-3H2;;;;;;/q-1;;;;;+1;;;. The van der Waals surface area contributed by atoms with Crippen LogP contribution in [0.4, 0.5) is 13.2 Å². The Morgan fingerprint density at radius 2 is 1.60 bits per heavy atom. The molecule has 0 N–H and O–H groups in total. The second kappa shape index (κ2) is 10.8. The first-order chi connectivity index (χ1) is 11.9. The van der Waals surface area contributed by atoms with E-state index in [1.807, 2.05) is 67.6 Å². The van der Waals surface area contributed by atoms with Gasteiger partial charge >= 0.3 is 166 Å². The van der Waals surface area contributed by atoms with E-state index in [0.29, 0.717) is 4.44 Å². The Hall–Kier alpha value is -0.253. The van der Waals surface area contributed by atoms with Crippen LogP contribution in [-0.2, 0) is 4.49 Å². The molecule has 2 aromatic carbocycles. The molecule has 25 heavy (non-hydrogen) atoms. The zero-order valence-electron chi connectivity index (χ0n) is 14.2. The van der Waals surface area contributed by atoms with Crippen LogP contribution in [0, 0.1) is 0 Å². The zero-order chi connectivity index (χ0) is 18.1. The molecule has 2 unspecified atom stereocenters. The molecule has 0 saturated heterocycles. The van der Waals surface area contributed by atoms with Crippen LogP contribution in [0.25, 0.3) is 0 Å². The van der Waals surface area contributed by atoms with Crippen molar-refractivity contribution in [3.63, 3.8) is 0 Å². The Kier molecular flexibility index (Phi) is 9.09. The van der Waals surface area contributed by atoms with Crippen molar-refractivity contribution in [1.82, 2.24) is 0 Å². The summed E-state index contributed by atoms with van der Waals surface area (Å²) < 4.78 is 51.3. The van der Waals surface area contributed by atoms with Gasteiger partial charge in [0.05, 0.1) is 0 Å². The molecule has 0 fully saturated rings. The van der Waals surface area contributed by atoms with E-state index in [-0.39, 0.29) is 12.5 Å². The third kappa shape index (κ3) is 8.79. The number of alkyl halides is 3. The average molecular weight is 566 g/mol.